The summed E-state index contributed by atoms with van der Waals surface area (Å²) in [5, 5.41) is 0. The molecular weight excluding hydrogens is 311 g/mol. The minimum Gasteiger partial charge on any atom is -0.462 e. The Morgan fingerprint density at radius 3 is 2.39 bits per heavy atom. The van der Waals surface area contributed by atoms with Gasteiger partial charge in [-0.25, -0.2) is 4.79 Å². The monoisotopic (exact) mass is 330 g/mol. The largest absolute Gasteiger partial charge is 0.462 e. The van der Waals surface area contributed by atoms with E-state index in [1.807, 2.05) is 0 Å². The molecule has 0 atom stereocenters. The van der Waals surface area contributed by atoms with E-state index in [9.17, 15) is 4.79 Å². The molecule has 18 heavy (non-hydrogen) atoms. The van der Waals surface area contributed by atoms with Gasteiger partial charge in [-0.1, -0.05) is 32.8 Å². The zero-order valence-electron chi connectivity index (χ0n) is 10.8. The quantitative estimate of drug-likeness (QED) is 0.183. The average molecular weight is 332 g/mol. The minimum absolute atomic E-state index is 0.299. The third kappa shape index (κ3) is 11.4. The van der Waals surface area contributed by atoms with Crippen LogP contribution in [0.1, 0.15) is 45.4 Å². The summed E-state index contributed by atoms with van der Waals surface area (Å²) in [4.78, 5) is 11.5. The van der Waals surface area contributed by atoms with E-state index in [0.717, 1.165) is 12.8 Å². The molecule has 0 aliphatic rings. The smallest absolute Gasteiger partial charge is 0.341 e. The molecule has 0 spiro atoms. The fraction of sp³-hybridized carbons (Fsp3) is 0.750. The fourth-order valence-electron chi connectivity index (χ4n) is 1.41. The van der Waals surface area contributed by atoms with Crippen LogP contribution in [0.15, 0.2) is 12.2 Å². The summed E-state index contributed by atoms with van der Waals surface area (Å²) in [5.74, 6) is -0.322. The molecule has 0 unspecified atom stereocenters. The molecule has 0 aromatic carbocycles. The van der Waals surface area contributed by atoms with Crippen LogP contribution in [0.3, 0.4) is 0 Å². The van der Waals surface area contributed by atoms with E-state index < -0.39 is 6.00 Å². The summed E-state index contributed by atoms with van der Waals surface area (Å²) >= 11 is 17.2. The van der Waals surface area contributed by atoms with Crippen LogP contribution in [-0.4, -0.2) is 18.6 Å². The van der Waals surface area contributed by atoms with Gasteiger partial charge in [0, 0.05) is 5.57 Å². The molecule has 0 radical (unpaired) electrons. The Bertz CT molecular complexity index is 265. The van der Waals surface area contributed by atoms with Crippen molar-refractivity contribution in [3.63, 3.8) is 0 Å². The van der Waals surface area contributed by atoms with E-state index in [0.29, 0.717) is 31.1 Å². The van der Waals surface area contributed by atoms with Crippen molar-refractivity contribution < 1.29 is 9.53 Å². The van der Waals surface area contributed by atoms with Crippen LogP contribution in [0.2, 0.25) is 6.04 Å². The second kappa shape index (κ2) is 10.1. The van der Waals surface area contributed by atoms with Crippen LogP contribution in [0.5, 0.6) is 0 Å². The van der Waals surface area contributed by atoms with Crippen molar-refractivity contribution in [3.8, 4) is 0 Å². The first-order valence-electron chi connectivity index (χ1n) is 6.28. The van der Waals surface area contributed by atoms with Crippen molar-refractivity contribution in [1.82, 2.24) is 0 Å². The van der Waals surface area contributed by atoms with Gasteiger partial charge in [0.05, 0.1) is 6.61 Å². The zero-order chi connectivity index (χ0) is 14.0. The highest BCUT2D eigenvalue weighted by molar-refractivity contribution is 7.64. The Kier molecular flexibility index (Phi) is 10.3. The number of unbranched alkanes of at least 4 members (excludes halogenated alkanes) is 3. The molecular formula is C12H21Cl3O2Si. The Morgan fingerprint density at radius 1 is 1.17 bits per heavy atom. The maximum atomic E-state index is 11.5. The van der Waals surface area contributed by atoms with E-state index in [1.165, 1.54) is 12.8 Å². The summed E-state index contributed by atoms with van der Waals surface area (Å²) in [6.07, 6.45) is 5.79. The maximum absolute atomic E-state index is 11.5. The molecule has 0 saturated carbocycles. The maximum Gasteiger partial charge on any atom is 0.341 e. The second-order valence-electron chi connectivity index (χ2n) is 4.27. The van der Waals surface area contributed by atoms with Gasteiger partial charge in [-0.2, -0.15) is 0 Å². The van der Waals surface area contributed by atoms with Crippen LogP contribution in [-0.2, 0) is 9.53 Å². The second-order valence-corrected chi connectivity index (χ2v) is 13.5. The van der Waals surface area contributed by atoms with Gasteiger partial charge < -0.3 is 4.74 Å². The van der Waals surface area contributed by atoms with Crippen molar-refractivity contribution in [3.05, 3.63) is 12.2 Å². The molecule has 0 rings (SSSR count). The standard InChI is InChI=1S/C12H21Cl3O2Si/c1-3-4-5-6-8-11(2)12(16)17-9-7-10-18(13,14)15/h2-10H2,1H3. The van der Waals surface area contributed by atoms with Crippen molar-refractivity contribution >= 4 is 45.2 Å². The Hall–Kier alpha value is 0.297. The lowest BCUT2D eigenvalue weighted by Crippen LogP contribution is -2.13. The molecule has 106 valence electrons. The van der Waals surface area contributed by atoms with E-state index in [1.54, 1.807) is 0 Å². The molecule has 0 N–H and O–H groups in total. The zero-order valence-corrected chi connectivity index (χ0v) is 14.1. The predicted octanol–water partition coefficient (Wildman–Crippen LogP) is 5.10. The van der Waals surface area contributed by atoms with E-state index in [4.69, 9.17) is 38.0 Å². The topological polar surface area (TPSA) is 26.3 Å². The number of halogens is 3. The normalized spacial score (nSPS) is 11.3. The number of ether oxygens (including phenoxy) is 1. The van der Waals surface area contributed by atoms with Crippen molar-refractivity contribution in [2.45, 2.75) is 51.5 Å². The molecule has 0 bridgehead atoms. The number of hydrogen-bond acceptors (Lipinski definition) is 2. The molecule has 0 aromatic rings. The fourth-order valence-corrected chi connectivity index (χ4v) is 3.15. The van der Waals surface area contributed by atoms with Crippen LogP contribution in [0.4, 0.5) is 0 Å². The predicted molar refractivity (Wildman–Crippen MR) is 81.6 cm³/mol. The number of carbonyl (C=O) groups excluding carboxylic acids is 1. The number of carbonyl (C=O) groups is 1. The first kappa shape index (κ1) is 18.3. The summed E-state index contributed by atoms with van der Waals surface area (Å²) < 4.78 is 5.06. The third-order valence-corrected chi connectivity index (χ3v) is 5.08. The van der Waals surface area contributed by atoms with Gasteiger partial charge in [0.15, 0.2) is 0 Å². The van der Waals surface area contributed by atoms with Crippen LogP contribution < -0.4 is 0 Å². The lowest BCUT2D eigenvalue weighted by atomic mass is 10.1. The highest BCUT2D eigenvalue weighted by atomic mass is 35.8. The summed E-state index contributed by atoms with van der Waals surface area (Å²) in [6.45, 7) is 6.18. The molecule has 2 nitrogen and oxygen atoms in total. The Balaban J connectivity index is 3.59. The Labute approximate surface area is 125 Å². The van der Waals surface area contributed by atoms with E-state index in [-0.39, 0.29) is 5.97 Å². The van der Waals surface area contributed by atoms with E-state index >= 15 is 0 Å². The first-order chi connectivity index (χ1) is 8.37. The molecule has 0 saturated heterocycles. The molecule has 0 amide bonds. The number of rotatable bonds is 10. The van der Waals surface area contributed by atoms with Gasteiger partial charge in [0.25, 0.3) is 0 Å². The van der Waals surface area contributed by atoms with Crippen LogP contribution in [0.25, 0.3) is 0 Å². The van der Waals surface area contributed by atoms with Crippen molar-refractivity contribution in [2.75, 3.05) is 6.61 Å². The van der Waals surface area contributed by atoms with Crippen molar-refractivity contribution in [1.29, 1.82) is 0 Å². The summed E-state index contributed by atoms with van der Waals surface area (Å²) in [7, 11) is 0. The first-order valence-corrected chi connectivity index (χ1v) is 11.5. The van der Waals surface area contributed by atoms with Gasteiger partial charge in [-0.05, 0) is 25.3 Å². The minimum atomic E-state index is -2.58. The van der Waals surface area contributed by atoms with E-state index in [2.05, 4.69) is 13.5 Å². The average Bonchev–Trinajstić information content (AvgIpc) is 2.28. The van der Waals surface area contributed by atoms with Gasteiger partial charge in [-0.15, -0.1) is 33.2 Å². The van der Waals surface area contributed by atoms with Gasteiger partial charge in [-0.3, -0.25) is 0 Å². The molecule has 0 fully saturated rings. The molecule has 0 heterocycles. The highest BCUT2D eigenvalue weighted by Crippen LogP contribution is 2.26. The lowest BCUT2D eigenvalue weighted by molar-refractivity contribution is -0.139. The summed E-state index contributed by atoms with van der Waals surface area (Å²) in [6, 6.07) is -2.08. The van der Waals surface area contributed by atoms with Gasteiger partial charge in [0.2, 0.25) is 0 Å². The van der Waals surface area contributed by atoms with Crippen LogP contribution >= 0.6 is 33.2 Å². The molecule has 0 aliphatic heterocycles. The highest BCUT2D eigenvalue weighted by Gasteiger charge is 2.24. The summed E-state index contributed by atoms with van der Waals surface area (Å²) in [5.41, 5.74) is 0.539. The van der Waals surface area contributed by atoms with Crippen LogP contribution in [0, 0.1) is 0 Å². The SMILES string of the molecule is C=C(CCCCCC)C(=O)OCCC[Si](Cl)(Cl)Cl. The lowest BCUT2D eigenvalue weighted by Gasteiger charge is -2.09. The molecule has 0 aromatic heterocycles. The Morgan fingerprint density at radius 2 is 1.83 bits per heavy atom. The third-order valence-electron chi connectivity index (χ3n) is 2.46. The molecule has 0 aliphatic carbocycles. The van der Waals surface area contributed by atoms with Crippen molar-refractivity contribution in [2.24, 2.45) is 0 Å². The van der Waals surface area contributed by atoms with Gasteiger partial charge >= 0.3 is 12.0 Å². The van der Waals surface area contributed by atoms with Gasteiger partial charge in [0.1, 0.15) is 0 Å². The number of hydrogen-bond donors (Lipinski definition) is 0. The molecule has 6 heteroatoms. The number of esters is 1.